The molecule has 4 N–H and O–H groups in total. The monoisotopic (exact) mass is 146 g/mol. The van der Waals surface area contributed by atoms with Gasteiger partial charge in [0, 0.05) is 6.04 Å². The fraction of sp³-hybridized carbons (Fsp3) is 1.00. The van der Waals surface area contributed by atoms with Gasteiger partial charge < -0.3 is 10.8 Å². The number of nitrogens with two attached hydrogens (primary N) is 1. The molecule has 2 atom stereocenters. The molecular formula is C7H18N2O. The van der Waals surface area contributed by atoms with E-state index in [0.29, 0.717) is 0 Å². The third kappa shape index (κ3) is 3.82. The maximum Gasteiger partial charge on any atom is 0.120 e. The number of aliphatic hydroxyl groups excluding tert-OH is 1. The van der Waals surface area contributed by atoms with E-state index in [1.54, 1.807) is 0 Å². The molecule has 0 heterocycles. The summed E-state index contributed by atoms with van der Waals surface area (Å²) in [7, 11) is 0. The summed E-state index contributed by atoms with van der Waals surface area (Å²) in [6, 6.07) is -0.120. The van der Waals surface area contributed by atoms with Crippen LogP contribution in [-0.2, 0) is 0 Å². The first kappa shape index (κ1) is 9.88. The second-order valence-corrected chi connectivity index (χ2v) is 2.46. The highest BCUT2D eigenvalue weighted by atomic mass is 16.3. The summed E-state index contributed by atoms with van der Waals surface area (Å²) >= 11 is 0. The Kier molecular flexibility index (Phi) is 5.58. The normalized spacial score (nSPS) is 16.8. The van der Waals surface area contributed by atoms with Gasteiger partial charge in [0.05, 0.1) is 0 Å². The van der Waals surface area contributed by atoms with E-state index in [0.717, 1.165) is 19.4 Å². The second kappa shape index (κ2) is 5.65. The lowest BCUT2D eigenvalue weighted by atomic mass is 10.1. The quantitative estimate of drug-likeness (QED) is 0.480. The summed E-state index contributed by atoms with van der Waals surface area (Å²) < 4.78 is 0. The molecule has 0 amide bonds. The molecule has 0 rings (SSSR count). The third-order valence-electron chi connectivity index (χ3n) is 1.44. The van der Waals surface area contributed by atoms with Crippen LogP contribution in [0.25, 0.3) is 0 Å². The van der Waals surface area contributed by atoms with Gasteiger partial charge in [-0.15, -0.1) is 0 Å². The van der Waals surface area contributed by atoms with Gasteiger partial charge in [-0.3, -0.25) is 5.32 Å². The Balaban J connectivity index is 3.38. The van der Waals surface area contributed by atoms with Crippen LogP contribution in [0.5, 0.6) is 0 Å². The minimum atomic E-state index is -0.537. The zero-order chi connectivity index (χ0) is 7.98. The van der Waals surface area contributed by atoms with E-state index in [1.165, 1.54) is 0 Å². The first-order chi connectivity index (χ1) is 4.72. The van der Waals surface area contributed by atoms with Gasteiger partial charge in [0.25, 0.3) is 0 Å². The van der Waals surface area contributed by atoms with Crippen molar-refractivity contribution in [2.24, 2.45) is 5.73 Å². The zero-order valence-corrected chi connectivity index (χ0v) is 6.80. The third-order valence-corrected chi connectivity index (χ3v) is 1.44. The largest absolute Gasteiger partial charge is 0.377 e. The van der Waals surface area contributed by atoms with Crippen LogP contribution < -0.4 is 11.1 Å². The number of aliphatic hydroxyl groups is 1. The molecule has 0 aromatic rings. The Morgan fingerprint density at radius 1 is 1.50 bits per heavy atom. The minimum Gasteiger partial charge on any atom is -0.377 e. The molecule has 62 valence electrons. The van der Waals surface area contributed by atoms with Gasteiger partial charge in [0.1, 0.15) is 6.23 Å². The Labute approximate surface area is 62.6 Å². The van der Waals surface area contributed by atoms with Gasteiger partial charge in [-0.1, -0.05) is 20.3 Å². The fourth-order valence-electron chi connectivity index (χ4n) is 0.852. The van der Waals surface area contributed by atoms with Crippen molar-refractivity contribution in [1.29, 1.82) is 0 Å². The van der Waals surface area contributed by atoms with Gasteiger partial charge in [-0.05, 0) is 13.0 Å². The molecular weight excluding hydrogens is 128 g/mol. The molecule has 0 bridgehead atoms. The molecule has 0 fully saturated rings. The van der Waals surface area contributed by atoms with Gasteiger partial charge >= 0.3 is 0 Å². The molecule has 0 saturated carbocycles. The number of hydrogen-bond donors (Lipinski definition) is 3. The number of rotatable bonds is 5. The van der Waals surface area contributed by atoms with Crippen LogP contribution in [0.3, 0.4) is 0 Å². The van der Waals surface area contributed by atoms with Crippen molar-refractivity contribution in [2.75, 3.05) is 6.54 Å². The number of likely N-dealkylation sites (N-methyl/N-ethyl adjacent to an activating group) is 1. The molecule has 0 radical (unpaired) electrons. The molecule has 0 saturated heterocycles. The number of hydrogen-bond acceptors (Lipinski definition) is 3. The highest BCUT2D eigenvalue weighted by molar-refractivity contribution is 4.67. The van der Waals surface area contributed by atoms with Crippen LogP contribution in [0, 0.1) is 0 Å². The van der Waals surface area contributed by atoms with Gasteiger partial charge in [-0.2, -0.15) is 0 Å². The molecule has 0 aliphatic rings. The van der Waals surface area contributed by atoms with E-state index >= 15 is 0 Å². The van der Waals surface area contributed by atoms with Crippen molar-refractivity contribution in [3.05, 3.63) is 0 Å². The van der Waals surface area contributed by atoms with Gasteiger partial charge in [0.15, 0.2) is 0 Å². The van der Waals surface area contributed by atoms with Crippen LogP contribution in [0.15, 0.2) is 0 Å². The second-order valence-electron chi connectivity index (χ2n) is 2.46. The van der Waals surface area contributed by atoms with Crippen LogP contribution >= 0.6 is 0 Å². The lowest BCUT2D eigenvalue weighted by Crippen LogP contribution is -2.44. The van der Waals surface area contributed by atoms with Crippen LogP contribution in [0.1, 0.15) is 26.7 Å². The molecule has 0 aromatic heterocycles. The molecule has 3 nitrogen and oxygen atoms in total. The SMILES string of the molecule is CCCC(N)C(O)NCC. The van der Waals surface area contributed by atoms with E-state index in [-0.39, 0.29) is 6.04 Å². The van der Waals surface area contributed by atoms with E-state index in [9.17, 15) is 5.11 Å². The zero-order valence-electron chi connectivity index (χ0n) is 6.80. The molecule has 0 aromatic carbocycles. The van der Waals surface area contributed by atoms with Gasteiger partial charge in [0.2, 0.25) is 0 Å². The van der Waals surface area contributed by atoms with Crippen LogP contribution in [-0.4, -0.2) is 23.9 Å². The molecule has 3 heteroatoms. The van der Waals surface area contributed by atoms with E-state index in [1.807, 2.05) is 6.92 Å². The average molecular weight is 146 g/mol. The summed E-state index contributed by atoms with van der Waals surface area (Å²) in [5.74, 6) is 0. The Hall–Kier alpha value is -0.120. The highest BCUT2D eigenvalue weighted by Gasteiger charge is 2.10. The Morgan fingerprint density at radius 3 is 2.50 bits per heavy atom. The summed E-state index contributed by atoms with van der Waals surface area (Å²) in [5, 5.41) is 12.1. The van der Waals surface area contributed by atoms with E-state index < -0.39 is 6.23 Å². The van der Waals surface area contributed by atoms with Crippen molar-refractivity contribution in [2.45, 2.75) is 39.0 Å². The predicted molar refractivity (Wildman–Crippen MR) is 42.6 cm³/mol. The molecule has 2 unspecified atom stereocenters. The summed E-state index contributed by atoms with van der Waals surface area (Å²) in [5.41, 5.74) is 5.60. The van der Waals surface area contributed by atoms with E-state index in [2.05, 4.69) is 12.2 Å². The molecule has 0 spiro atoms. The van der Waals surface area contributed by atoms with Crippen molar-refractivity contribution in [3.8, 4) is 0 Å². The molecule has 0 aliphatic heterocycles. The first-order valence-electron chi connectivity index (χ1n) is 3.89. The van der Waals surface area contributed by atoms with Crippen molar-refractivity contribution in [3.63, 3.8) is 0 Å². The first-order valence-corrected chi connectivity index (χ1v) is 3.89. The van der Waals surface area contributed by atoms with Crippen molar-refractivity contribution in [1.82, 2.24) is 5.32 Å². The van der Waals surface area contributed by atoms with Crippen molar-refractivity contribution < 1.29 is 5.11 Å². The van der Waals surface area contributed by atoms with Crippen LogP contribution in [0.4, 0.5) is 0 Å². The van der Waals surface area contributed by atoms with E-state index in [4.69, 9.17) is 5.73 Å². The molecule has 10 heavy (non-hydrogen) atoms. The number of nitrogens with one attached hydrogen (secondary N) is 1. The summed E-state index contributed by atoms with van der Waals surface area (Å²) in [6.45, 7) is 4.76. The lowest BCUT2D eigenvalue weighted by Gasteiger charge is -2.18. The predicted octanol–water partition coefficient (Wildman–Crippen LogP) is 0.0417. The smallest absolute Gasteiger partial charge is 0.120 e. The lowest BCUT2D eigenvalue weighted by molar-refractivity contribution is 0.107. The fourth-order valence-corrected chi connectivity index (χ4v) is 0.852. The van der Waals surface area contributed by atoms with Crippen LogP contribution in [0.2, 0.25) is 0 Å². The Morgan fingerprint density at radius 2 is 2.10 bits per heavy atom. The minimum absolute atomic E-state index is 0.120. The maximum atomic E-state index is 9.21. The molecule has 0 aliphatic carbocycles. The summed E-state index contributed by atoms with van der Waals surface area (Å²) in [4.78, 5) is 0. The Bertz CT molecular complexity index is 68.0. The average Bonchev–Trinajstić information content (AvgIpc) is 1.89. The maximum absolute atomic E-state index is 9.21. The summed E-state index contributed by atoms with van der Waals surface area (Å²) in [6.07, 6.45) is 1.35. The topological polar surface area (TPSA) is 58.3 Å². The highest BCUT2D eigenvalue weighted by Crippen LogP contribution is 1.95. The van der Waals surface area contributed by atoms with Crippen molar-refractivity contribution >= 4 is 0 Å². The standard InChI is InChI=1S/C7H18N2O/c1-3-5-6(8)7(10)9-4-2/h6-7,9-10H,3-5,8H2,1-2H3. The van der Waals surface area contributed by atoms with Gasteiger partial charge in [-0.25, -0.2) is 0 Å².